The van der Waals surface area contributed by atoms with E-state index in [9.17, 15) is 4.79 Å². The van der Waals surface area contributed by atoms with Crippen molar-refractivity contribution in [1.82, 2.24) is 4.90 Å². The Morgan fingerprint density at radius 2 is 2.17 bits per heavy atom. The first-order valence-electron chi connectivity index (χ1n) is 6.62. The molecule has 1 aliphatic heterocycles. The van der Waals surface area contributed by atoms with Gasteiger partial charge in [-0.25, -0.2) is 0 Å². The summed E-state index contributed by atoms with van der Waals surface area (Å²) in [6.45, 7) is 3.83. The van der Waals surface area contributed by atoms with E-state index in [1.165, 1.54) is 6.42 Å². The molecule has 0 N–H and O–H groups in total. The van der Waals surface area contributed by atoms with E-state index >= 15 is 0 Å². The monoisotopic (exact) mass is 309 g/mol. The normalized spacial score (nSPS) is 21.7. The van der Waals surface area contributed by atoms with Crippen LogP contribution in [0.15, 0.2) is 30.3 Å². The third-order valence-corrected chi connectivity index (χ3v) is 4.63. The molecule has 98 valence electrons. The molecule has 0 spiro atoms. The van der Waals surface area contributed by atoms with Crippen LogP contribution in [0.4, 0.5) is 0 Å². The third kappa shape index (κ3) is 3.14. The number of benzene rings is 1. The second kappa shape index (κ2) is 6.37. The molecule has 0 radical (unpaired) electrons. The highest BCUT2D eigenvalue weighted by Crippen LogP contribution is 2.23. The van der Waals surface area contributed by atoms with Crippen LogP contribution in [0, 0.1) is 5.92 Å². The van der Waals surface area contributed by atoms with E-state index in [-0.39, 0.29) is 11.8 Å². The second-order valence-electron chi connectivity index (χ2n) is 5.08. The lowest BCUT2D eigenvalue weighted by atomic mass is 9.95. The fraction of sp³-hybridized carbons (Fsp3) is 0.533. The van der Waals surface area contributed by atoms with Gasteiger partial charge in [0.25, 0.3) is 0 Å². The van der Waals surface area contributed by atoms with Gasteiger partial charge in [0.1, 0.15) is 0 Å². The first-order chi connectivity index (χ1) is 8.72. The number of carbonyl (C=O) groups is 1. The Hall–Kier alpha value is -0.830. The minimum atomic E-state index is -0.0275. The first kappa shape index (κ1) is 13.6. The van der Waals surface area contributed by atoms with Crippen LogP contribution in [-0.2, 0) is 4.79 Å². The lowest BCUT2D eigenvalue weighted by Crippen LogP contribution is -2.42. The van der Waals surface area contributed by atoms with Crippen molar-refractivity contribution in [2.24, 2.45) is 5.92 Å². The second-order valence-corrected chi connectivity index (χ2v) is 5.73. The van der Waals surface area contributed by atoms with E-state index in [0.717, 1.165) is 30.4 Å². The highest BCUT2D eigenvalue weighted by atomic mass is 79.9. The molecule has 2 atom stereocenters. The fourth-order valence-corrected chi connectivity index (χ4v) is 3.08. The van der Waals surface area contributed by atoms with E-state index in [1.54, 1.807) is 0 Å². The van der Waals surface area contributed by atoms with Crippen LogP contribution in [-0.4, -0.2) is 29.2 Å². The van der Waals surface area contributed by atoms with Crippen molar-refractivity contribution in [1.29, 1.82) is 0 Å². The molecule has 1 aliphatic rings. The van der Waals surface area contributed by atoms with Crippen LogP contribution >= 0.6 is 15.9 Å². The predicted molar refractivity (Wildman–Crippen MR) is 78.0 cm³/mol. The van der Waals surface area contributed by atoms with Gasteiger partial charge >= 0.3 is 0 Å². The lowest BCUT2D eigenvalue weighted by molar-refractivity contribution is -0.134. The summed E-state index contributed by atoms with van der Waals surface area (Å²) in [7, 11) is 0. The number of hydrogen-bond donors (Lipinski definition) is 0. The van der Waals surface area contributed by atoms with Gasteiger partial charge in [-0.3, -0.25) is 4.79 Å². The van der Waals surface area contributed by atoms with Crippen molar-refractivity contribution in [3.8, 4) is 0 Å². The number of rotatable bonds is 3. The largest absolute Gasteiger partial charge is 0.342 e. The summed E-state index contributed by atoms with van der Waals surface area (Å²) in [6, 6.07) is 10.1. The molecule has 0 aliphatic carbocycles. The average molecular weight is 310 g/mol. The van der Waals surface area contributed by atoms with Gasteiger partial charge in [0.05, 0.1) is 5.92 Å². The number of carbonyl (C=O) groups excluding carboxylic acids is 1. The van der Waals surface area contributed by atoms with Crippen molar-refractivity contribution in [2.75, 3.05) is 18.4 Å². The van der Waals surface area contributed by atoms with Crippen molar-refractivity contribution < 1.29 is 4.79 Å². The predicted octanol–water partition coefficient (Wildman–Crippen LogP) is 3.42. The Bertz CT molecular complexity index is 393. The highest BCUT2D eigenvalue weighted by molar-refractivity contribution is 9.09. The van der Waals surface area contributed by atoms with Gasteiger partial charge in [0, 0.05) is 18.4 Å². The maximum Gasteiger partial charge on any atom is 0.229 e. The van der Waals surface area contributed by atoms with Gasteiger partial charge in [-0.2, -0.15) is 0 Å². The maximum atomic E-state index is 12.5. The first-order valence-corrected chi connectivity index (χ1v) is 7.74. The molecule has 18 heavy (non-hydrogen) atoms. The van der Waals surface area contributed by atoms with Gasteiger partial charge in [0.2, 0.25) is 5.91 Å². The molecule has 2 nitrogen and oxygen atoms in total. The zero-order valence-electron chi connectivity index (χ0n) is 10.8. The van der Waals surface area contributed by atoms with Gasteiger partial charge in [-0.15, -0.1) is 0 Å². The van der Waals surface area contributed by atoms with Crippen LogP contribution < -0.4 is 0 Å². The SMILES string of the molecule is CC(C(=O)N1CCCC(CBr)C1)c1ccccc1. The average Bonchev–Trinajstić information content (AvgIpc) is 2.46. The summed E-state index contributed by atoms with van der Waals surface area (Å²) in [5.41, 5.74) is 1.11. The summed E-state index contributed by atoms with van der Waals surface area (Å²) >= 11 is 3.53. The molecule has 0 bridgehead atoms. The smallest absolute Gasteiger partial charge is 0.229 e. The Morgan fingerprint density at radius 1 is 1.44 bits per heavy atom. The maximum absolute atomic E-state index is 12.5. The molecular formula is C15H20BrNO. The Labute approximate surface area is 117 Å². The van der Waals surface area contributed by atoms with Crippen molar-refractivity contribution >= 4 is 21.8 Å². The van der Waals surface area contributed by atoms with E-state index < -0.39 is 0 Å². The van der Waals surface area contributed by atoms with Crippen LogP contribution in [0.5, 0.6) is 0 Å². The fourth-order valence-electron chi connectivity index (χ4n) is 2.55. The van der Waals surface area contributed by atoms with Crippen LogP contribution in [0.3, 0.4) is 0 Å². The minimum Gasteiger partial charge on any atom is -0.342 e. The molecule has 1 heterocycles. The van der Waals surface area contributed by atoms with Gasteiger partial charge < -0.3 is 4.90 Å². The molecule has 1 fully saturated rings. The third-order valence-electron chi connectivity index (χ3n) is 3.72. The Balaban J connectivity index is 2.02. The summed E-state index contributed by atoms with van der Waals surface area (Å²) in [6.07, 6.45) is 2.36. The van der Waals surface area contributed by atoms with Gasteiger partial charge in [0.15, 0.2) is 0 Å². The van der Waals surface area contributed by atoms with Gasteiger partial charge in [-0.05, 0) is 31.2 Å². The van der Waals surface area contributed by atoms with Crippen LogP contribution in [0.25, 0.3) is 0 Å². The van der Waals surface area contributed by atoms with Gasteiger partial charge in [-0.1, -0.05) is 46.3 Å². The number of alkyl halides is 1. The van der Waals surface area contributed by atoms with Crippen molar-refractivity contribution in [2.45, 2.75) is 25.7 Å². The van der Waals surface area contributed by atoms with E-state index in [2.05, 4.69) is 15.9 Å². The number of hydrogen-bond acceptors (Lipinski definition) is 1. The number of likely N-dealkylation sites (tertiary alicyclic amines) is 1. The van der Waals surface area contributed by atoms with E-state index in [0.29, 0.717) is 5.92 Å². The summed E-state index contributed by atoms with van der Waals surface area (Å²) in [5.74, 6) is 0.859. The number of piperidine rings is 1. The highest BCUT2D eigenvalue weighted by Gasteiger charge is 2.26. The van der Waals surface area contributed by atoms with Crippen molar-refractivity contribution in [3.05, 3.63) is 35.9 Å². The molecule has 2 unspecified atom stereocenters. The summed E-state index contributed by atoms with van der Waals surface area (Å²) < 4.78 is 0. The lowest BCUT2D eigenvalue weighted by Gasteiger charge is -2.33. The molecule has 0 saturated carbocycles. The van der Waals surface area contributed by atoms with Crippen LogP contribution in [0.2, 0.25) is 0 Å². The molecule has 1 aromatic carbocycles. The number of nitrogens with zero attached hydrogens (tertiary/aromatic N) is 1. The zero-order chi connectivity index (χ0) is 13.0. The topological polar surface area (TPSA) is 20.3 Å². The molecule has 2 rings (SSSR count). The Morgan fingerprint density at radius 3 is 2.83 bits per heavy atom. The Kier molecular flexibility index (Phi) is 4.81. The van der Waals surface area contributed by atoms with Crippen LogP contribution in [0.1, 0.15) is 31.2 Å². The number of amides is 1. The molecule has 3 heteroatoms. The molecule has 1 saturated heterocycles. The molecule has 1 amide bonds. The molecular weight excluding hydrogens is 290 g/mol. The van der Waals surface area contributed by atoms with E-state index in [4.69, 9.17) is 0 Å². The van der Waals surface area contributed by atoms with E-state index in [1.807, 2.05) is 42.2 Å². The molecule has 1 aromatic rings. The van der Waals surface area contributed by atoms with Crippen molar-refractivity contribution in [3.63, 3.8) is 0 Å². The summed E-state index contributed by atoms with van der Waals surface area (Å²) in [4.78, 5) is 14.5. The minimum absolute atomic E-state index is 0.0275. The zero-order valence-corrected chi connectivity index (χ0v) is 12.4. The molecule has 0 aromatic heterocycles. The quantitative estimate of drug-likeness (QED) is 0.783. The number of halogens is 1. The summed E-state index contributed by atoms with van der Waals surface area (Å²) in [5, 5.41) is 0.997. The standard InChI is InChI=1S/C15H20BrNO/c1-12(14-7-3-2-4-8-14)15(18)17-9-5-6-13(10-16)11-17/h2-4,7-8,12-13H,5-6,9-11H2,1H3.